The minimum atomic E-state index is -3.57. The summed E-state index contributed by atoms with van der Waals surface area (Å²) in [4.78, 5) is 4.79. The van der Waals surface area contributed by atoms with Crippen LogP contribution < -0.4 is 10.5 Å². The summed E-state index contributed by atoms with van der Waals surface area (Å²) in [5.74, 6) is 0.468. The molecule has 0 aliphatic rings. The zero-order chi connectivity index (χ0) is 14.0. The second-order valence-electron chi connectivity index (χ2n) is 4.09. The van der Waals surface area contributed by atoms with E-state index in [1.165, 1.54) is 17.7 Å². The number of nitrogens with one attached hydrogen (secondary N) is 2. The van der Waals surface area contributed by atoms with E-state index in [0.29, 0.717) is 12.4 Å². The van der Waals surface area contributed by atoms with Gasteiger partial charge < -0.3 is 5.73 Å². The number of nitrogens with zero attached hydrogens (tertiary/aromatic N) is 2. The molecule has 2 aromatic heterocycles. The smallest absolute Gasteiger partial charge is 0.250 e. The van der Waals surface area contributed by atoms with Crippen molar-refractivity contribution in [2.75, 3.05) is 0 Å². The van der Waals surface area contributed by atoms with Crippen LogP contribution in [0.5, 0.6) is 0 Å². The molecule has 0 aliphatic heterocycles. The summed E-state index contributed by atoms with van der Waals surface area (Å²) in [6, 6.07) is 1.15. The van der Waals surface area contributed by atoms with Crippen molar-refractivity contribution < 1.29 is 8.42 Å². The number of sulfonamides is 1. The first-order chi connectivity index (χ1) is 8.94. The Morgan fingerprint density at radius 3 is 2.84 bits per heavy atom. The van der Waals surface area contributed by atoms with Gasteiger partial charge in [-0.2, -0.15) is 5.10 Å². The van der Waals surface area contributed by atoms with Gasteiger partial charge in [0, 0.05) is 11.4 Å². The molecule has 2 rings (SSSR count). The molecule has 0 saturated heterocycles. The lowest BCUT2D eigenvalue weighted by molar-refractivity contribution is 0.562. The van der Waals surface area contributed by atoms with Gasteiger partial charge in [-0.15, -0.1) is 11.3 Å². The van der Waals surface area contributed by atoms with Gasteiger partial charge in [-0.05, 0) is 25.5 Å². The minimum Gasteiger partial charge on any atom is -0.326 e. The maximum Gasteiger partial charge on any atom is 0.250 e. The molecule has 0 radical (unpaired) electrons. The fourth-order valence-electron chi connectivity index (χ4n) is 1.59. The van der Waals surface area contributed by atoms with E-state index in [2.05, 4.69) is 19.9 Å². The molecule has 0 fully saturated rings. The number of nitrogens with two attached hydrogens (primary N) is 1. The van der Waals surface area contributed by atoms with Crippen molar-refractivity contribution in [3.8, 4) is 0 Å². The SMILES string of the molecule is Cc1cc(S(=O)(=O)NC(C)c2ncn[nH]2)sc1CN. The molecule has 2 aromatic rings. The lowest BCUT2D eigenvalue weighted by Gasteiger charge is -2.10. The maximum atomic E-state index is 12.2. The van der Waals surface area contributed by atoms with Gasteiger partial charge in [0.1, 0.15) is 16.4 Å². The molecule has 4 N–H and O–H groups in total. The third kappa shape index (κ3) is 3.00. The highest BCUT2D eigenvalue weighted by Crippen LogP contribution is 2.26. The fourth-order valence-corrected chi connectivity index (χ4v) is 4.29. The highest BCUT2D eigenvalue weighted by atomic mass is 32.2. The molecule has 0 spiro atoms. The molecular formula is C10H15N5O2S2. The molecule has 7 nitrogen and oxygen atoms in total. The largest absolute Gasteiger partial charge is 0.326 e. The predicted octanol–water partition coefficient (Wildman–Crippen LogP) is 0.673. The van der Waals surface area contributed by atoms with Gasteiger partial charge in [0.05, 0.1) is 6.04 Å². The van der Waals surface area contributed by atoms with Crippen molar-refractivity contribution in [3.05, 3.63) is 28.7 Å². The van der Waals surface area contributed by atoms with E-state index in [-0.39, 0.29) is 4.21 Å². The number of aromatic nitrogens is 3. The van der Waals surface area contributed by atoms with Crippen molar-refractivity contribution >= 4 is 21.4 Å². The lowest BCUT2D eigenvalue weighted by Crippen LogP contribution is -2.27. The molecule has 1 atom stereocenters. The van der Waals surface area contributed by atoms with Gasteiger partial charge in [0.15, 0.2) is 0 Å². The standard InChI is InChI=1S/C10H15N5O2S2/c1-6-3-9(18-8(6)4-11)19(16,17)15-7(2)10-12-5-13-14-10/h3,5,7,15H,4,11H2,1-2H3,(H,12,13,14). The number of hydrogen-bond donors (Lipinski definition) is 3. The van der Waals surface area contributed by atoms with E-state index in [1.807, 2.05) is 6.92 Å². The van der Waals surface area contributed by atoms with E-state index in [0.717, 1.165) is 10.4 Å². The predicted molar refractivity (Wildman–Crippen MR) is 72.1 cm³/mol. The molecule has 0 aromatic carbocycles. The number of thiophene rings is 1. The molecule has 0 saturated carbocycles. The number of aromatic amines is 1. The third-order valence-electron chi connectivity index (χ3n) is 2.62. The van der Waals surface area contributed by atoms with E-state index >= 15 is 0 Å². The zero-order valence-corrected chi connectivity index (χ0v) is 12.2. The quantitative estimate of drug-likeness (QED) is 0.751. The Kier molecular flexibility index (Phi) is 3.99. The van der Waals surface area contributed by atoms with Crippen molar-refractivity contribution in [1.29, 1.82) is 0 Å². The first-order valence-corrected chi connectivity index (χ1v) is 7.91. The normalized spacial score (nSPS) is 13.6. The summed E-state index contributed by atoms with van der Waals surface area (Å²) in [5.41, 5.74) is 6.45. The second-order valence-corrected chi connectivity index (χ2v) is 7.17. The average Bonchev–Trinajstić information content (AvgIpc) is 2.96. The molecule has 19 heavy (non-hydrogen) atoms. The Morgan fingerprint density at radius 2 is 2.32 bits per heavy atom. The summed E-state index contributed by atoms with van der Waals surface area (Å²) >= 11 is 1.18. The Hall–Kier alpha value is -1.29. The van der Waals surface area contributed by atoms with Crippen LogP contribution in [0.3, 0.4) is 0 Å². The second kappa shape index (κ2) is 5.37. The average molecular weight is 301 g/mol. The molecule has 1 unspecified atom stereocenters. The van der Waals surface area contributed by atoms with Crippen LogP contribution in [0.15, 0.2) is 16.6 Å². The van der Waals surface area contributed by atoms with Crippen LogP contribution in [0.1, 0.15) is 29.2 Å². The van der Waals surface area contributed by atoms with Gasteiger partial charge in [-0.1, -0.05) is 0 Å². The van der Waals surface area contributed by atoms with Crippen LogP contribution in [0, 0.1) is 6.92 Å². The number of H-pyrrole nitrogens is 1. The third-order valence-corrected chi connectivity index (χ3v) is 5.90. The molecule has 104 valence electrons. The van der Waals surface area contributed by atoms with Crippen LogP contribution in [0.2, 0.25) is 0 Å². The van der Waals surface area contributed by atoms with Gasteiger partial charge in [0.25, 0.3) is 10.0 Å². The molecular weight excluding hydrogens is 286 g/mol. The number of hydrogen-bond acceptors (Lipinski definition) is 6. The Labute approximate surface area is 115 Å². The monoisotopic (exact) mass is 301 g/mol. The molecule has 0 bridgehead atoms. The highest BCUT2D eigenvalue weighted by molar-refractivity contribution is 7.91. The lowest BCUT2D eigenvalue weighted by atomic mass is 10.3. The van der Waals surface area contributed by atoms with Crippen LogP contribution in [0.4, 0.5) is 0 Å². The van der Waals surface area contributed by atoms with Gasteiger partial charge in [-0.3, -0.25) is 5.10 Å². The molecule has 0 amide bonds. The molecule has 9 heteroatoms. The first-order valence-electron chi connectivity index (χ1n) is 5.61. The van der Waals surface area contributed by atoms with E-state index < -0.39 is 16.1 Å². The number of aryl methyl sites for hydroxylation is 1. The molecule has 2 heterocycles. The summed E-state index contributed by atoms with van der Waals surface area (Å²) in [6.07, 6.45) is 1.34. The Bertz CT molecular complexity index is 648. The van der Waals surface area contributed by atoms with Gasteiger partial charge in [0.2, 0.25) is 0 Å². The van der Waals surface area contributed by atoms with Gasteiger partial charge in [-0.25, -0.2) is 18.1 Å². The van der Waals surface area contributed by atoms with E-state index in [1.54, 1.807) is 13.0 Å². The topological polar surface area (TPSA) is 114 Å². The summed E-state index contributed by atoms with van der Waals surface area (Å²) in [6.45, 7) is 3.88. The first kappa shape index (κ1) is 14.1. The molecule has 0 aliphatic carbocycles. The van der Waals surface area contributed by atoms with Crippen molar-refractivity contribution in [1.82, 2.24) is 19.9 Å². The summed E-state index contributed by atoms with van der Waals surface area (Å²) in [5, 5.41) is 6.33. The maximum absolute atomic E-state index is 12.2. The minimum absolute atomic E-state index is 0.261. The van der Waals surface area contributed by atoms with Crippen molar-refractivity contribution in [2.45, 2.75) is 30.6 Å². The van der Waals surface area contributed by atoms with Gasteiger partial charge >= 0.3 is 0 Å². The van der Waals surface area contributed by atoms with Crippen molar-refractivity contribution in [3.63, 3.8) is 0 Å². The van der Waals surface area contributed by atoms with Crippen LogP contribution in [-0.2, 0) is 16.6 Å². The van der Waals surface area contributed by atoms with E-state index in [4.69, 9.17) is 5.73 Å². The highest BCUT2D eigenvalue weighted by Gasteiger charge is 2.22. The van der Waals surface area contributed by atoms with E-state index in [9.17, 15) is 8.42 Å². The zero-order valence-electron chi connectivity index (χ0n) is 10.5. The van der Waals surface area contributed by atoms with Crippen LogP contribution in [0.25, 0.3) is 0 Å². The summed E-state index contributed by atoms with van der Waals surface area (Å²) < 4.78 is 27.2. The Morgan fingerprint density at radius 1 is 1.58 bits per heavy atom. The van der Waals surface area contributed by atoms with Crippen LogP contribution in [-0.4, -0.2) is 23.6 Å². The van der Waals surface area contributed by atoms with Crippen LogP contribution >= 0.6 is 11.3 Å². The van der Waals surface area contributed by atoms with Crippen molar-refractivity contribution in [2.24, 2.45) is 5.73 Å². The fraction of sp³-hybridized carbons (Fsp3) is 0.400. The Balaban J connectivity index is 2.22. The summed E-state index contributed by atoms with van der Waals surface area (Å²) in [7, 11) is -3.57. The number of rotatable bonds is 5.